The van der Waals surface area contributed by atoms with E-state index in [0.29, 0.717) is 70.7 Å². The first kappa shape index (κ1) is 75.5. The number of rotatable bonds is 6. The Morgan fingerprint density at radius 3 is 1.44 bits per heavy atom. The van der Waals surface area contributed by atoms with Gasteiger partial charge in [0.15, 0.2) is 11.6 Å². The summed E-state index contributed by atoms with van der Waals surface area (Å²) in [4.78, 5) is 102. The van der Waals surface area contributed by atoms with Crippen molar-refractivity contribution in [1.82, 2.24) is 0 Å². The van der Waals surface area contributed by atoms with E-state index < -0.39 is 12.1 Å². The SMILES string of the molecule is COC(=O)c1ccc2c(c1)C(=O)CCC2.COC(=O)c1ccc2c(c1)C(O)CCC2.COC(=O)c1ccc2c(c1)C1OC1CC2.COC(=O)c1ccc2c(c1)C=C(C)CC2.COC(=O)c1ccc2c(c1)C=CCC2.COC(=O)c1ccc2c(c1)CC(=O)CC2.O=C1CCCc2ccc(Br)cc21. The molecule has 1 fully saturated rings. The van der Waals surface area contributed by atoms with Crippen LogP contribution in [0.2, 0.25) is 0 Å². The molecule has 7 aliphatic carbocycles. The van der Waals surface area contributed by atoms with Crippen LogP contribution in [0, 0.1) is 0 Å². The highest BCUT2D eigenvalue weighted by molar-refractivity contribution is 9.10. The third-order valence-corrected chi connectivity index (χ3v) is 19.3. The molecule has 1 N–H and O–H groups in total. The molecule has 7 aromatic rings. The molecule has 0 spiro atoms. The number of fused-ring (bicyclic) bond motifs is 9. The van der Waals surface area contributed by atoms with Gasteiger partial charge in [0.25, 0.3) is 0 Å². The fourth-order valence-corrected chi connectivity index (χ4v) is 13.5. The first-order valence-electron chi connectivity index (χ1n) is 34.0. The van der Waals surface area contributed by atoms with Crippen molar-refractivity contribution in [2.75, 3.05) is 42.7 Å². The molecule has 0 bridgehead atoms. The van der Waals surface area contributed by atoms with E-state index in [4.69, 9.17) is 14.2 Å². The maximum absolute atomic E-state index is 11.6. The van der Waals surface area contributed by atoms with Crippen molar-refractivity contribution in [3.05, 3.63) is 255 Å². The normalized spacial score (nSPS) is 17.0. The zero-order chi connectivity index (χ0) is 72.3. The summed E-state index contributed by atoms with van der Waals surface area (Å²) < 4.78 is 34.5. The Hall–Kier alpha value is -9.75. The van der Waals surface area contributed by atoms with Crippen molar-refractivity contribution < 1.29 is 81.4 Å². The van der Waals surface area contributed by atoms with Crippen LogP contribution in [-0.4, -0.2) is 107 Å². The first-order chi connectivity index (χ1) is 48.7. The quantitative estimate of drug-likeness (QED) is 0.0924. The van der Waals surface area contributed by atoms with Gasteiger partial charge in [-0.25, -0.2) is 28.8 Å². The van der Waals surface area contributed by atoms with Crippen LogP contribution in [0.15, 0.2) is 144 Å². The largest absolute Gasteiger partial charge is 0.465 e. The maximum Gasteiger partial charge on any atom is 0.337 e. The number of aliphatic hydroxyl groups is 1. The number of halogens is 1. The maximum atomic E-state index is 11.6. The third kappa shape index (κ3) is 20.0. The first-order valence-corrected chi connectivity index (χ1v) is 34.8. The van der Waals surface area contributed by atoms with Crippen LogP contribution in [0.1, 0.15) is 233 Å². The molecule has 0 aromatic heterocycles. The molecule has 3 unspecified atom stereocenters. The predicted molar refractivity (Wildman–Crippen MR) is 386 cm³/mol. The van der Waals surface area contributed by atoms with E-state index in [2.05, 4.69) is 60.0 Å². The predicted octanol–water partition coefficient (Wildman–Crippen LogP) is 15.4. The van der Waals surface area contributed by atoms with Crippen LogP contribution >= 0.6 is 15.9 Å². The molecule has 526 valence electrons. The molecule has 7 aromatic carbocycles. The van der Waals surface area contributed by atoms with Gasteiger partial charge in [-0.05, 0) is 249 Å². The number of ketones is 3. The molecule has 18 heteroatoms. The van der Waals surface area contributed by atoms with Crippen molar-refractivity contribution in [2.24, 2.45) is 0 Å². The standard InChI is InChI=1S/C13H14O2.2C12H12O3.C12H14O3.C12H12O3.C12H12O2.C10H9BrO/c1-9-3-4-10-5-6-11(13(14)15-2)8-12(10)7-9;1-14-12(13)8-3-2-7-4-5-10-11(15-10)9(7)6-8;1-15-12(14)9-3-2-8-4-5-11(13)7-10(8)6-9;2*1-15-12(14)9-6-5-8-3-2-4-11(13)10(8)7-9;1-14-12(13)11-7-6-9-4-2-3-5-10(9)8-11;11-8-5-4-7-2-1-3-10(12)9(7)6-8/h5-8H,3-4H2,1-2H3;2-3,6,10-11H,4-5H2,1H3;2-3,6H,4-5,7H2,1H3;5-7,11,13H,2-4H2,1H3;5-7H,2-4H2,1H3;3,5-8H,2,4H2,1H3;4-6H,1-3H2. The van der Waals surface area contributed by atoms with Gasteiger partial charge < -0.3 is 38.3 Å². The number of carbonyl (C=O) groups excluding carboxylic acids is 9. The van der Waals surface area contributed by atoms with Crippen molar-refractivity contribution in [3.63, 3.8) is 0 Å². The van der Waals surface area contributed by atoms with Gasteiger partial charge in [-0.15, -0.1) is 0 Å². The summed E-state index contributed by atoms with van der Waals surface area (Å²) in [7, 11) is 8.26. The van der Waals surface area contributed by atoms with Gasteiger partial charge in [-0.2, -0.15) is 0 Å². The summed E-state index contributed by atoms with van der Waals surface area (Å²) in [5.41, 5.74) is 20.1. The number of hydrogen-bond donors (Lipinski definition) is 1. The van der Waals surface area contributed by atoms with Crippen molar-refractivity contribution in [1.29, 1.82) is 0 Å². The molecule has 3 atom stereocenters. The zero-order valence-electron chi connectivity index (χ0n) is 58.2. The summed E-state index contributed by atoms with van der Waals surface area (Å²) in [6.45, 7) is 2.12. The summed E-state index contributed by atoms with van der Waals surface area (Å²) in [5.74, 6) is -1.26. The molecule has 0 saturated carbocycles. The number of benzene rings is 7. The van der Waals surface area contributed by atoms with Gasteiger partial charge in [-0.3, -0.25) is 14.4 Å². The second kappa shape index (κ2) is 36.0. The monoisotopic (exact) mass is 1430 g/mol. The molecule has 17 nitrogen and oxygen atoms in total. The number of aliphatic hydroxyl groups excluding tert-OH is 1. The van der Waals surface area contributed by atoms with Gasteiger partial charge in [-0.1, -0.05) is 82.2 Å². The lowest BCUT2D eigenvalue weighted by molar-refractivity contribution is -0.118. The highest BCUT2D eigenvalue weighted by atomic mass is 79.9. The molecule has 15 rings (SSSR count). The van der Waals surface area contributed by atoms with E-state index >= 15 is 0 Å². The summed E-state index contributed by atoms with van der Waals surface area (Å²) in [6.07, 6.45) is 22.8. The minimum absolute atomic E-state index is 0.127. The number of Topliss-reactive ketones (excluding diaryl/α,β-unsaturated/α-hetero) is 3. The zero-order valence-corrected chi connectivity index (χ0v) is 59.8. The van der Waals surface area contributed by atoms with E-state index in [1.165, 1.54) is 81.6 Å². The van der Waals surface area contributed by atoms with Crippen LogP contribution in [0.5, 0.6) is 0 Å². The van der Waals surface area contributed by atoms with Crippen LogP contribution in [0.4, 0.5) is 0 Å². The minimum Gasteiger partial charge on any atom is -0.465 e. The Balaban J connectivity index is 0.000000137. The molecule has 1 saturated heterocycles. The number of epoxide rings is 1. The fourth-order valence-electron chi connectivity index (χ4n) is 13.2. The number of ether oxygens (including phenoxy) is 7. The Morgan fingerprint density at radius 1 is 0.416 bits per heavy atom. The van der Waals surface area contributed by atoms with E-state index in [1.807, 2.05) is 91.0 Å². The molecule has 1 aliphatic heterocycles. The number of methoxy groups -OCH3 is 6. The lowest BCUT2D eigenvalue weighted by Crippen LogP contribution is -2.14. The number of hydrogen-bond acceptors (Lipinski definition) is 17. The fraction of sp³-hybridized carbons (Fsp3) is 0.337. The molecule has 0 radical (unpaired) electrons. The average Bonchev–Trinajstić information content (AvgIpc) is 1.62. The van der Waals surface area contributed by atoms with E-state index in [0.717, 1.165) is 133 Å². The average molecular weight is 1430 g/mol. The van der Waals surface area contributed by atoms with E-state index in [1.54, 1.807) is 36.4 Å². The number of esters is 6. The van der Waals surface area contributed by atoms with Crippen molar-refractivity contribution in [2.45, 2.75) is 141 Å². The smallest absolute Gasteiger partial charge is 0.337 e. The van der Waals surface area contributed by atoms with E-state index in [-0.39, 0.29) is 53.3 Å². The highest BCUT2D eigenvalue weighted by Crippen LogP contribution is 2.47. The second-order valence-corrected chi connectivity index (χ2v) is 26.4. The summed E-state index contributed by atoms with van der Waals surface area (Å²) in [5, 5.41) is 9.79. The Bertz CT molecular complexity index is 4290. The lowest BCUT2D eigenvalue weighted by Gasteiger charge is -2.21. The van der Waals surface area contributed by atoms with Gasteiger partial charge in [0.1, 0.15) is 11.9 Å². The van der Waals surface area contributed by atoms with E-state index in [9.17, 15) is 48.3 Å². The molecule has 0 amide bonds. The van der Waals surface area contributed by atoms with Gasteiger partial charge >= 0.3 is 35.8 Å². The van der Waals surface area contributed by atoms with Gasteiger partial charge in [0, 0.05) is 41.3 Å². The topological polar surface area (TPSA) is 242 Å². The van der Waals surface area contributed by atoms with Crippen molar-refractivity contribution in [3.8, 4) is 0 Å². The third-order valence-electron chi connectivity index (χ3n) is 18.8. The molecule has 1 heterocycles. The highest BCUT2D eigenvalue weighted by Gasteiger charge is 2.44. The van der Waals surface area contributed by atoms with Crippen LogP contribution < -0.4 is 0 Å². The van der Waals surface area contributed by atoms with Crippen LogP contribution in [-0.2, 0) is 89.3 Å². The number of carbonyl (C=O) groups is 9. The van der Waals surface area contributed by atoms with Crippen LogP contribution in [0.25, 0.3) is 12.2 Å². The minimum atomic E-state index is -0.432. The summed E-state index contributed by atoms with van der Waals surface area (Å²) >= 11 is 3.37. The summed E-state index contributed by atoms with van der Waals surface area (Å²) in [6, 6.07) is 39.2. The second-order valence-electron chi connectivity index (χ2n) is 25.5. The van der Waals surface area contributed by atoms with Crippen LogP contribution in [0.3, 0.4) is 0 Å². The van der Waals surface area contributed by atoms with Gasteiger partial charge in [0.05, 0.1) is 88.2 Å². The molecule has 101 heavy (non-hydrogen) atoms. The van der Waals surface area contributed by atoms with Gasteiger partial charge in [0.2, 0.25) is 0 Å². The Labute approximate surface area is 597 Å². The number of allylic oxidation sites excluding steroid dienone is 2. The lowest BCUT2D eigenvalue weighted by atomic mass is 9.88. The number of aryl methyl sites for hydroxylation is 7. The van der Waals surface area contributed by atoms with Crippen molar-refractivity contribution >= 4 is 81.2 Å². The molecular formula is C83H85BrO17. The molecule has 8 aliphatic rings. The Kier molecular flexibility index (Phi) is 26.9. The Morgan fingerprint density at radius 2 is 0.861 bits per heavy atom. The molecular weight excluding hydrogens is 1350 g/mol.